The highest BCUT2D eigenvalue weighted by atomic mass is 19.1. The third-order valence-corrected chi connectivity index (χ3v) is 2.92. The van der Waals surface area contributed by atoms with Gasteiger partial charge in [0, 0.05) is 17.8 Å². The first-order valence-electron chi connectivity index (χ1n) is 7.13. The molecule has 1 amide bonds. The number of hydrogen-bond donors (Lipinski definition) is 1. The second-order valence-electron chi connectivity index (χ2n) is 4.88. The molecule has 0 saturated heterocycles. The number of nitro benzene ring substituents is 1. The molecule has 10 heteroatoms. The van der Waals surface area contributed by atoms with E-state index in [0.29, 0.717) is 6.07 Å². The monoisotopic (exact) mass is 366 g/mol. The van der Waals surface area contributed by atoms with Crippen LogP contribution in [0.1, 0.15) is 0 Å². The van der Waals surface area contributed by atoms with Crippen molar-refractivity contribution in [3.63, 3.8) is 0 Å². The number of benzene rings is 2. The van der Waals surface area contributed by atoms with E-state index in [1.807, 2.05) is 0 Å². The van der Waals surface area contributed by atoms with Crippen molar-refractivity contribution in [1.82, 2.24) is 0 Å². The molecular formula is C16H12F2N2O6. The summed E-state index contributed by atoms with van der Waals surface area (Å²) in [5, 5.41) is 13.0. The van der Waals surface area contributed by atoms with E-state index >= 15 is 0 Å². The molecule has 0 aliphatic heterocycles. The van der Waals surface area contributed by atoms with Gasteiger partial charge < -0.3 is 14.8 Å². The van der Waals surface area contributed by atoms with Crippen LogP contribution in [0, 0.1) is 21.7 Å². The highest BCUT2D eigenvalue weighted by Gasteiger charge is 2.16. The molecule has 0 aliphatic carbocycles. The Bertz CT molecular complexity index is 823. The topological polar surface area (TPSA) is 108 Å². The molecular weight excluding hydrogens is 354 g/mol. The first-order chi connectivity index (χ1) is 12.3. The summed E-state index contributed by atoms with van der Waals surface area (Å²) in [7, 11) is 0. The summed E-state index contributed by atoms with van der Waals surface area (Å²) in [4.78, 5) is 33.3. The fourth-order valence-electron chi connectivity index (χ4n) is 1.88. The normalized spacial score (nSPS) is 10.1. The number of amides is 1. The third-order valence-electron chi connectivity index (χ3n) is 2.92. The van der Waals surface area contributed by atoms with Crippen LogP contribution in [0.3, 0.4) is 0 Å². The predicted octanol–water partition coefficient (Wildman–Crippen LogP) is 2.43. The molecule has 0 fully saturated rings. The number of esters is 1. The number of carbonyl (C=O) groups is 2. The van der Waals surface area contributed by atoms with Crippen LogP contribution in [-0.2, 0) is 14.3 Å². The van der Waals surface area contributed by atoms with E-state index in [1.54, 1.807) is 0 Å². The van der Waals surface area contributed by atoms with Crippen molar-refractivity contribution in [2.75, 3.05) is 18.5 Å². The third kappa shape index (κ3) is 5.51. The summed E-state index contributed by atoms with van der Waals surface area (Å²) < 4.78 is 35.6. The lowest BCUT2D eigenvalue weighted by Crippen LogP contribution is -2.23. The summed E-state index contributed by atoms with van der Waals surface area (Å²) >= 11 is 0. The lowest BCUT2D eigenvalue weighted by atomic mass is 10.3. The Balaban J connectivity index is 1.81. The second-order valence-corrected chi connectivity index (χ2v) is 4.88. The number of ether oxygens (including phenoxy) is 2. The maximum absolute atomic E-state index is 13.0. The van der Waals surface area contributed by atoms with E-state index in [2.05, 4.69) is 10.1 Å². The average Bonchev–Trinajstić information content (AvgIpc) is 2.57. The number of rotatable bonds is 7. The standard InChI is InChI=1S/C16H12F2N2O6/c17-10-5-11(18)7-12(6-10)19-15(21)8-26-16(22)9-25-14-4-2-1-3-13(14)20(23)24/h1-7H,8-9H2,(H,19,21). The van der Waals surface area contributed by atoms with E-state index in [9.17, 15) is 28.5 Å². The highest BCUT2D eigenvalue weighted by Crippen LogP contribution is 2.25. The fourth-order valence-corrected chi connectivity index (χ4v) is 1.88. The Hall–Kier alpha value is -3.56. The van der Waals surface area contributed by atoms with Gasteiger partial charge in [0.05, 0.1) is 4.92 Å². The molecule has 2 aromatic rings. The van der Waals surface area contributed by atoms with Gasteiger partial charge in [-0.2, -0.15) is 0 Å². The zero-order chi connectivity index (χ0) is 19.1. The van der Waals surface area contributed by atoms with Gasteiger partial charge in [0.1, 0.15) is 11.6 Å². The van der Waals surface area contributed by atoms with Crippen molar-refractivity contribution >= 4 is 23.3 Å². The largest absolute Gasteiger partial charge is 0.475 e. The SMILES string of the molecule is O=C(COC(=O)COc1ccccc1[N+](=O)[O-])Nc1cc(F)cc(F)c1. The van der Waals surface area contributed by atoms with Crippen LogP contribution in [0.2, 0.25) is 0 Å². The number of hydrogen-bond acceptors (Lipinski definition) is 6. The Morgan fingerprint density at radius 1 is 1.08 bits per heavy atom. The van der Waals surface area contributed by atoms with E-state index in [-0.39, 0.29) is 17.1 Å². The Morgan fingerprint density at radius 3 is 2.38 bits per heavy atom. The van der Waals surface area contributed by atoms with Gasteiger partial charge >= 0.3 is 11.7 Å². The van der Waals surface area contributed by atoms with Gasteiger partial charge in [0.15, 0.2) is 19.0 Å². The molecule has 0 bridgehead atoms. The molecule has 0 heterocycles. The Kier molecular flexibility index (Phi) is 6.15. The van der Waals surface area contributed by atoms with Gasteiger partial charge in [0.25, 0.3) is 5.91 Å². The number of nitrogens with zero attached hydrogens (tertiary/aromatic N) is 1. The summed E-state index contributed by atoms with van der Waals surface area (Å²) in [5.41, 5.74) is -0.467. The van der Waals surface area contributed by atoms with Crippen molar-refractivity contribution in [3.05, 3.63) is 64.2 Å². The minimum absolute atomic E-state index is 0.130. The van der Waals surface area contributed by atoms with Crippen molar-refractivity contribution in [1.29, 1.82) is 0 Å². The Labute approximate surface area is 145 Å². The lowest BCUT2D eigenvalue weighted by molar-refractivity contribution is -0.385. The molecule has 0 unspecified atom stereocenters. The molecule has 0 radical (unpaired) electrons. The summed E-state index contributed by atoms with van der Waals surface area (Å²) in [6.45, 7) is -1.38. The molecule has 2 rings (SSSR count). The van der Waals surface area contributed by atoms with Crippen LogP contribution in [0.4, 0.5) is 20.2 Å². The molecule has 0 aromatic heterocycles. The van der Waals surface area contributed by atoms with Crippen molar-refractivity contribution in [2.24, 2.45) is 0 Å². The van der Waals surface area contributed by atoms with Crippen LogP contribution in [-0.4, -0.2) is 30.0 Å². The first kappa shape index (κ1) is 18.8. The van der Waals surface area contributed by atoms with Crippen LogP contribution < -0.4 is 10.1 Å². The van der Waals surface area contributed by atoms with Gasteiger partial charge in [-0.25, -0.2) is 13.6 Å². The molecule has 0 saturated carbocycles. The molecule has 0 atom stereocenters. The van der Waals surface area contributed by atoms with Gasteiger partial charge in [-0.3, -0.25) is 14.9 Å². The van der Waals surface area contributed by atoms with Crippen molar-refractivity contribution < 1.29 is 32.8 Å². The molecule has 0 spiro atoms. The van der Waals surface area contributed by atoms with E-state index in [0.717, 1.165) is 12.1 Å². The summed E-state index contributed by atoms with van der Waals surface area (Å²) in [6, 6.07) is 7.83. The van der Waals surface area contributed by atoms with Crippen LogP contribution >= 0.6 is 0 Å². The van der Waals surface area contributed by atoms with Crippen LogP contribution in [0.5, 0.6) is 5.75 Å². The smallest absolute Gasteiger partial charge is 0.344 e. The fraction of sp³-hybridized carbons (Fsp3) is 0.125. The van der Waals surface area contributed by atoms with Crippen LogP contribution in [0.15, 0.2) is 42.5 Å². The zero-order valence-corrected chi connectivity index (χ0v) is 13.1. The van der Waals surface area contributed by atoms with Gasteiger partial charge in [-0.15, -0.1) is 0 Å². The average molecular weight is 366 g/mol. The number of carbonyl (C=O) groups excluding carboxylic acids is 2. The minimum atomic E-state index is -0.955. The maximum Gasteiger partial charge on any atom is 0.344 e. The van der Waals surface area contributed by atoms with E-state index in [1.165, 1.54) is 24.3 Å². The van der Waals surface area contributed by atoms with Gasteiger partial charge in [-0.05, 0) is 18.2 Å². The summed E-state index contributed by atoms with van der Waals surface area (Å²) in [6.07, 6.45) is 0. The molecule has 26 heavy (non-hydrogen) atoms. The van der Waals surface area contributed by atoms with Gasteiger partial charge in [-0.1, -0.05) is 12.1 Å². The molecule has 136 valence electrons. The van der Waals surface area contributed by atoms with E-state index < -0.39 is 41.6 Å². The quantitative estimate of drug-likeness (QED) is 0.458. The number of halogens is 2. The molecule has 2 aromatic carbocycles. The zero-order valence-electron chi connectivity index (χ0n) is 13.1. The number of nitro groups is 1. The van der Waals surface area contributed by atoms with Gasteiger partial charge in [0.2, 0.25) is 0 Å². The van der Waals surface area contributed by atoms with E-state index in [4.69, 9.17) is 4.74 Å². The first-order valence-corrected chi connectivity index (χ1v) is 7.13. The maximum atomic E-state index is 13.0. The molecule has 1 N–H and O–H groups in total. The highest BCUT2D eigenvalue weighted by molar-refractivity contribution is 5.92. The molecule has 0 aliphatic rings. The number of para-hydroxylation sites is 2. The van der Waals surface area contributed by atoms with Crippen molar-refractivity contribution in [2.45, 2.75) is 0 Å². The Morgan fingerprint density at radius 2 is 1.73 bits per heavy atom. The van der Waals surface area contributed by atoms with Crippen molar-refractivity contribution in [3.8, 4) is 5.75 Å². The lowest BCUT2D eigenvalue weighted by Gasteiger charge is -2.08. The number of nitrogens with one attached hydrogen (secondary N) is 1. The predicted molar refractivity (Wildman–Crippen MR) is 84.5 cm³/mol. The minimum Gasteiger partial charge on any atom is -0.475 e. The summed E-state index contributed by atoms with van der Waals surface area (Å²) in [5.74, 6) is -3.67. The second kappa shape index (κ2) is 8.51. The number of anilines is 1. The van der Waals surface area contributed by atoms with Crippen LogP contribution in [0.25, 0.3) is 0 Å². The molecule has 8 nitrogen and oxygen atoms in total.